The van der Waals surface area contributed by atoms with Crippen molar-refractivity contribution in [2.45, 2.75) is 77.5 Å². The van der Waals surface area contributed by atoms with Crippen molar-refractivity contribution in [2.24, 2.45) is 22.7 Å². The molecule has 1 aliphatic heterocycles. The van der Waals surface area contributed by atoms with Crippen LogP contribution in [0.2, 0.25) is 0 Å². The molecule has 7 N–H and O–H groups in total. The summed E-state index contributed by atoms with van der Waals surface area (Å²) in [6, 6.07) is 4.24. The fraction of sp³-hybridized carbons (Fsp3) is 0.778. The zero-order valence-electron chi connectivity index (χ0n) is 39.8. The van der Waals surface area contributed by atoms with Gasteiger partial charge in [-0.25, -0.2) is 4.79 Å². The Morgan fingerprint density at radius 3 is 1.73 bits per heavy atom. The number of rotatable bonds is 42. The summed E-state index contributed by atoms with van der Waals surface area (Å²) < 4.78 is 44.0. The quantitative estimate of drug-likeness (QED) is 0.0238. The van der Waals surface area contributed by atoms with Gasteiger partial charge in [0.1, 0.15) is 12.1 Å². The first-order chi connectivity index (χ1) is 32.6. The summed E-state index contributed by atoms with van der Waals surface area (Å²) in [5, 5.41) is 23.7. The second-order valence-corrected chi connectivity index (χ2v) is 16.2. The molecule has 2 rings (SSSR count). The monoisotopic (exact) mass is 954 g/mol. The van der Waals surface area contributed by atoms with E-state index >= 15 is 0 Å². The molecule has 0 radical (unpaired) electrons. The van der Waals surface area contributed by atoms with E-state index in [4.69, 9.17) is 49.2 Å². The van der Waals surface area contributed by atoms with Crippen LogP contribution in [0.5, 0.6) is 0 Å². The molecule has 22 heteroatoms. The maximum atomic E-state index is 13.5. The summed E-state index contributed by atoms with van der Waals surface area (Å²) in [5.41, 5.74) is 14.5. The molecule has 0 bridgehead atoms. The number of nitrogens with zero attached hydrogens (tertiary/aromatic N) is 4. The number of hydrogen-bond acceptors (Lipinski definition) is 15. The van der Waals surface area contributed by atoms with Crippen molar-refractivity contribution in [1.29, 1.82) is 0 Å². The van der Waals surface area contributed by atoms with Crippen molar-refractivity contribution >= 4 is 29.4 Å². The van der Waals surface area contributed by atoms with Crippen molar-refractivity contribution in [3.8, 4) is 0 Å². The molecular formula is C45H79N9O13. The van der Waals surface area contributed by atoms with Gasteiger partial charge in [-0.2, -0.15) is 0 Å². The van der Waals surface area contributed by atoms with Crippen molar-refractivity contribution in [1.82, 2.24) is 20.9 Å². The molecule has 1 saturated heterocycles. The molecule has 0 aliphatic carbocycles. The topological polar surface area (TPSA) is 288 Å². The number of aliphatic hydroxyl groups is 1. The number of nitrogens with one attached hydrogen (secondary N) is 4. The highest BCUT2D eigenvalue weighted by molar-refractivity contribution is 5.98. The number of benzene rings is 1. The van der Waals surface area contributed by atoms with Gasteiger partial charge < -0.3 is 74.9 Å². The lowest BCUT2D eigenvalue weighted by atomic mass is 9.91. The van der Waals surface area contributed by atoms with Gasteiger partial charge in [0, 0.05) is 36.7 Å². The Bertz CT molecular complexity index is 1500. The molecule has 0 aromatic heterocycles. The van der Waals surface area contributed by atoms with Gasteiger partial charge in [0.25, 0.3) is 0 Å². The highest BCUT2D eigenvalue weighted by atomic mass is 16.6. The smallest absolute Gasteiger partial charge is 0.312 e. The second-order valence-electron chi connectivity index (χ2n) is 16.2. The highest BCUT2D eigenvalue weighted by Gasteiger charge is 2.29. The molecule has 0 spiro atoms. The van der Waals surface area contributed by atoms with Gasteiger partial charge in [0.15, 0.2) is 0 Å². The van der Waals surface area contributed by atoms with Gasteiger partial charge in [-0.15, -0.1) is 0 Å². The number of urea groups is 1. The SMILES string of the molecule is CC(C)[C@H](NC(=O)CCCC1CCN(CCOCCOCCOCCOCCOCCOCCOCCOCCN=[N+]=[N-])CC1)C(=O)N[C@@H](CCCNC(N)=O)C(=O)Nc1ccc(CO)cc1. The Morgan fingerprint density at radius 2 is 1.25 bits per heavy atom. The Kier molecular flexibility index (Phi) is 35.0. The van der Waals surface area contributed by atoms with Gasteiger partial charge in [-0.05, 0) is 86.7 Å². The fourth-order valence-corrected chi connectivity index (χ4v) is 6.79. The summed E-state index contributed by atoms with van der Waals surface area (Å²) >= 11 is 0. The highest BCUT2D eigenvalue weighted by Crippen LogP contribution is 2.22. The van der Waals surface area contributed by atoms with E-state index in [1.807, 2.05) is 13.8 Å². The molecule has 1 aromatic rings. The predicted molar refractivity (Wildman–Crippen MR) is 250 cm³/mol. The maximum absolute atomic E-state index is 13.5. The van der Waals surface area contributed by atoms with E-state index < -0.39 is 29.9 Å². The van der Waals surface area contributed by atoms with E-state index in [9.17, 15) is 24.3 Å². The summed E-state index contributed by atoms with van der Waals surface area (Å²) in [4.78, 5) is 56.0. The Hall–Kier alpha value is -4.19. The molecule has 1 fully saturated rings. The van der Waals surface area contributed by atoms with Crippen LogP contribution < -0.4 is 27.0 Å². The van der Waals surface area contributed by atoms with E-state index in [0.29, 0.717) is 149 Å². The molecule has 1 heterocycles. The summed E-state index contributed by atoms with van der Waals surface area (Å²) in [6.07, 6.45) is 4.66. The van der Waals surface area contributed by atoms with Gasteiger partial charge in [-0.3, -0.25) is 14.4 Å². The standard InChI is InChI=1S/C45H79N9O13/c1-36(2)42(44(58)51-40(6-4-14-48-45(46)59)43(57)50-39-10-8-38(35-55)9-11-39)52-41(56)7-3-5-37-12-16-54(17-13-37)18-20-61-22-24-63-26-28-65-30-32-67-34-33-66-31-29-64-27-25-62-23-21-60-19-15-49-53-47/h8-11,36-37,40,42,55H,3-7,12-35H2,1-2H3,(H,50,57)(H,51,58)(H,52,56)(H3,46,48,59)/t40-,42-/m0/s1. The third-order valence-corrected chi connectivity index (χ3v) is 10.5. The van der Waals surface area contributed by atoms with E-state index in [1.165, 1.54) is 0 Å². The van der Waals surface area contributed by atoms with Gasteiger partial charge >= 0.3 is 6.03 Å². The molecule has 0 saturated carbocycles. The second kappa shape index (κ2) is 39.8. The van der Waals surface area contributed by atoms with Gasteiger partial charge in [0.05, 0.1) is 112 Å². The van der Waals surface area contributed by atoms with E-state index in [1.54, 1.807) is 24.3 Å². The van der Waals surface area contributed by atoms with Crippen molar-refractivity contribution < 1.29 is 62.2 Å². The van der Waals surface area contributed by atoms with Crippen LogP contribution in [0.4, 0.5) is 10.5 Å². The summed E-state index contributed by atoms with van der Waals surface area (Å²) in [5.74, 6) is -0.820. The third kappa shape index (κ3) is 31.5. The number of azide groups is 1. The number of aliphatic hydroxyl groups excluding tert-OH is 1. The number of hydrogen-bond donors (Lipinski definition) is 6. The Morgan fingerprint density at radius 1 is 0.746 bits per heavy atom. The first-order valence-electron chi connectivity index (χ1n) is 23.6. The van der Waals surface area contributed by atoms with Crippen LogP contribution in [-0.2, 0) is 58.9 Å². The molecule has 67 heavy (non-hydrogen) atoms. The number of nitrogens with two attached hydrogens (primary N) is 1. The first kappa shape index (κ1) is 58.9. The van der Waals surface area contributed by atoms with Crippen LogP contribution in [-0.4, -0.2) is 184 Å². The summed E-state index contributed by atoms with van der Waals surface area (Å²) in [7, 11) is 0. The van der Waals surface area contributed by atoms with Gasteiger partial charge in [0.2, 0.25) is 17.7 Å². The van der Waals surface area contributed by atoms with Crippen LogP contribution >= 0.6 is 0 Å². The molecule has 2 atom stereocenters. The zero-order valence-corrected chi connectivity index (χ0v) is 39.8. The lowest BCUT2D eigenvalue weighted by Gasteiger charge is -2.31. The number of carbonyl (C=O) groups excluding carboxylic acids is 4. The largest absolute Gasteiger partial charge is 0.392 e. The minimum absolute atomic E-state index is 0.129. The average molecular weight is 954 g/mol. The number of ether oxygens (including phenoxy) is 8. The minimum Gasteiger partial charge on any atom is -0.392 e. The van der Waals surface area contributed by atoms with Crippen LogP contribution in [0, 0.1) is 11.8 Å². The van der Waals surface area contributed by atoms with E-state index in [0.717, 1.165) is 38.9 Å². The van der Waals surface area contributed by atoms with Gasteiger partial charge in [-0.1, -0.05) is 31.1 Å². The van der Waals surface area contributed by atoms with Crippen molar-refractivity contribution in [3.05, 3.63) is 40.3 Å². The Balaban J connectivity index is 1.45. The van der Waals surface area contributed by atoms with Crippen LogP contribution in [0.1, 0.15) is 64.4 Å². The Labute approximate surface area is 395 Å². The summed E-state index contributed by atoms with van der Waals surface area (Å²) in [6.45, 7) is 14.6. The third-order valence-electron chi connectivity index (χ3n) is 10.5. The van der Waals surface area contributed by atoms with Crippen LogP contribution in [0.25, 0.3) is 10.4 Å². The predicted octanol–water partition coefficient (Wildman–Crippen LogP) is 2.52. The normalized spacial score (nSPS) is 14.0. The molecular weight excluding hydrogens is 875 g/mol. The molecule has 382 valence electrons. The van der Waals surface area contributed by atoms with Crippen molar-refractivity contribution in [3.63, 3.8) is 0 Å². The number of primary amides is 1. The lowest BCUT2D eigenvalue weighted by molar-refractivity contribution is -0.132. The molecule has 22 nitrogen and oxygen atoms in total. The number of amides is 5. The van der Waals surface area contributed by atoms with Crippen LogP contribution in [0.3, 0.4) is 0 Å². The fourth-order valence-electron chi connectivity index (χ4n) is 6.79. The number of anilines is 1. The zero-order chi connectivity index (χ0) is 48.6. The molecule has 1 aromatic carbocycles. The number of likely N-dealkylation sites (tertiary alicyclic amines) is 1. The average Bonchev–Trinajstić information content (AvgIpc) is 3.31. The lowest BCUT2D eigenvalue weighted by Crippen LogP contribution is -2.54. The maximum Gasteiger partial charge on any atom is 0.312 e. The molecule has 5 amide bonds. The number of piperidine rings is 1. The van der Waals surface area contributed by atoms with E-state index in [-0.39, 0.29) is 31.4 Å². The first-order valence-corrected chi connectivity index (χ1v) is 23.6. The number of carbonyl (C=O) groups is 4. The van der Waals surface area contributed by atoms with E-state index in [2.05, 4.69) is 36.2 Å². The molecule has 0 unspecified atom stereocenters. The van der Waals surface area contributed by atoms with Crippen LogP contribution in [0.15, 0.2) is 29.4 Å². The van der Waals surface area contributed by atoms with Crippen molar-refractivity contribution in [2.75, 3.05) is 144 Å². The molecule has 1 aliphatic rings. The minimum atomic E-state index is -0.934.